The quantitative estimate of drug-likeness (QED) is 0.0345. The molecule has 0 saturated heterocycles. The van der Waals surface area contributed by atoms with E-state index in [2.05, 4.69) is 124 Å². The summed E-state index contributed by atoms with van der Waals surface area (Å²) in [6, 6.07) is 0. The van der Waals surface area contributed by atoms with E-state index in [-0.39, 0.29) is 25.2 Å². The van der Waals surface area contributed by atoms with E-state index in [1.807, 2.05) is 6.08 Å². The molecule has 0 unspecified atom stereocenters. The average molecular weight is 944 g/mol. The number of carbonyl (C=O) groups is 2. The van der Waals surface area contributed by atoms with Crippen molar-refractivity contribution < 1.29 is 23.8 Å². The van der Waals surface area contributed by atoms with E-state index in [0.717, 1.165) is 96.3 Å². The highest BCUT2D eigenvalue weighted by Gasteiger charge is 2.16. The Balaban J connectivity index is 4.43. The minimum atomic E-state index is -0.446. The Kier molecular flexibility index (Phi) is 54.9. The highest BCUT2D eigenvalue weighted by Crippen LogP contribution is 2.15. The molecule has 0 fully saturated rings. The molecule has 0 heterocycles. The van der Waals surface area contributed by atoms with Gasteiger partial charge in [0, 0.05) is 19.4 Å². The third-order valence-corrected chi connectivity index (χ3v) is 11.8. The number of unbranched alkanes of at least 4 members (excludes halogenated alkanes) is 22. The number of esters is 2. The maximum absolute atomic E-state index is 12.6. The number of hydrogen-bond acceptors (Lipinski definition) is 5. The van der Waals surface area contributed by atoms with Crippen LogP contribution in [0, 0.1) is 0 Å². The van der Waals surface area contributed by atoms with E-state index in [9.17, 15) is 9.59 Å². The molecule has 0 radical (unpaired) electrons. The van der Waals surface area contributed by atoms with Crippen molar-refractivity contribution in [1.29, 1.82) is 0 Å². The zero-order valence-corrected chi connectivity index (χ0v) is 44.6. The third kappa shape index (κ3) is 55.2. The van der Waals surface area contributed by atoms with Gasteiger partial charge in [-0.2, -0.15) is 0 Å². The Labute approximate surface area is 421 Å². The predicted molar refractivity (Wildman–Crippen MR) is 297 cm³/mol. The van der Waals surface area contributed by atoms with Crippen LogP contribution in [0.15, 0.2) is 109 Å². The van der Waals surface area contributed by atoms with Gasteiger partial charge < -0.3 is 14.2 Å². The van der Waals surface area contributed by atoms with E-state index in [1.165, 1.54) is 116 Å². The Morgan fingerprint density at radius 1 is 0.324 bits per heavy atom. The molecule has 0 aliphatic heterocycles. The molecule has 5 nitrogen and oxygen atoms in total. The van der Waals surface area contributed by atoms with Gasteiger partial charge in [0.2, 0.25) is 0 Å². The maximum atomic E-state index is 12.6. The van der Waals surface area contributed by atoms with Gasteiger partial charge in [-0.15, -0.1) is 0 Å². The lowest BCUT2D eigenvalue weighted by Crippen LogP contribution is -2.29. The molecular formula is C63H106O5. The standard InChI is InChI=1S/C63H106O5/c1-4-7-10-13-16-19-22-25-28-31-32-34-36-39-42-45-48-51-54-57-63(65)68-60-61(66-58-55-52-49-46-43-40-37-30-27-24-21-18-15-12-9-6-3)59-67-62(64)56-53-50-47-44-41-38-35-33-29-26-23-20-17-14-11-8-5-2/h8,11,16-17,19-20,25-26,28-29,32,34-35,38-39,42,48,51,61H,4-7,9-10,12-15,18,21-24,27,30-31,33,36-37,40-41,43-47,49-50,52-60H2,1-3H3/b11-8-,19-16-,20-17-,28-25-,29-26-,34-32-,38-35-,42-39-,51-48-/t61-/m1/s1. The molecule has 68 heavy (non-hydrogen) atoms. The molecule has 0 aliphatic rings. The summed E-state index contributed by atoms with van der Waals surface area (Å²) >= 11 is 0. The minimum Gasteiger partial charge on any atom is -0.463 e. The van der Waals surface area contributed by atoms with E-state index < -0.39 is 6.10 Å². The summed E-state index contributed by atoms with van der Waals surface area (Å²) in [6.07, 6.45) is 79.9. The molecule has 0 spiro atoms. The molecule has 388 valence electrons. The van der Waals surface area contributed by atoms with Gasteiger partial charge in [-0.1, -0.05) is 252 Å². The molecule has 0 aromatic heterocycles. The fourth-order valence-corrected chi connectivity index (χ4v) is 7.58. The van der Waals surface area contributed by atoms with Crippen LogP contribution in [-0.4, -0.2) is 37.9 Å². The minimum absolute atomic E-state index is 0.105. The summed E-state index contributed by atoms with van der Waals surface area (Å²) < 4.78 is 17.4. The first kappa shape index (κ1) is 64.6. The van der Waals surface area contributed by atoms with Gasteiger partial charge in [0.25, 0.3) is 0 Å². The van der Waals surface area contributed by atoms with E-state index in [1.54, 1.807) is 0 Å². The summed E-state index contributed by atoms with van der Waals surface area (Å²) in [7, 11) is 0. The summed E-state index contributed by atoms with van der Waals surface area (Å²) in [4.78, 5) is 25.3. The molecule has 0 aromatic carbocycles. The summed E-state index contributed by atoms with van der Waals surface area (Å²) in [5.41, 5.74) is 0. The van der Waals surface area contributed by atoms with Crippen LogP contribution in [-0.2, 0) is 23.8 Å². The molecular weight excluding hydrogens is 837 g/mol. The lowest BCUT2D eigenvalue weighted by Gasteiger charge is -2.18. The van der Waals surface area contributed by atoms with Crippen LogP contribution in [0.5, 0.6) is 0 Å². The van der Waals surface area contributed by atoms with Crippen molar-refractivity contribution in [1.82, 2.24) is 0 Å². The van der Waals surface area contributed by atoms with Crippen molar-refractivity contribution in [2.45, 2.75) is 258 Å². The number of ether oxygens (including phenoxy) is 3. The second-order valence-corrected chi connectivity index (χ2v) is 18.5. The first-order chi connectivity index (χ1) is 33.6. The van der Waals surface area contributed by atoms with Crippen LogP contribution < -0.4 is 0 Å². The lowest BCUT2D eigenvalue weighted by atomic mass is 10.0. The van der Waals surface area contributed by atoms with E-state index in [4.69, 9.17) is 14.2 Å². The maximum Gasteiger partial charge on any atom is 0.306 e. The van der Waals surface area contributed by atoms with Gasteiger partial charge in [-0.05, 0) is 96.3 Å². The zero-order valence-electron chi connectivity index (χ0n) is 44.6. The van der Waals surface area contributed by atoms with Crippen molar-refractivity contribution in [3.8, 4) is 0 Å². The Morgan fingerprint density at radius 3 is 1.06 bits per heavy atom. The van der Waals surface area contributed by atoms with Crippen LogP contribution >= 0.6 is 0 Å². The van der Waals surface area contributed by atoms with Crippen LogP contribution in [0.1, 0.15) is 252 Å². The number of hydrogen-bond donors (Lipinski definition) is 0. The van der Waals surface area contributed by atoms with Crippen LogP contribution in [0.3, 0.4) is 0 Å². The lowest BCUT2D eigenvalue weighted by molar-refractivity contribution is -0.155. The largest absolute Gasteiger partial charge is 0.463 e. The second-order valence-electron chi connectivity index (χ2n) is 18.5. The van der Waals surface area contributed by atoms with Crippen molar-refractivity contribution in [3.05, 3.63) is 109 Å². The first-order valence-electron chi connectivity index (χ1n) is 28.4. The normalized spacial score (nSPS) is 13.0. The summed E-state index contributed by atoms with van der Waals surface area (Å²) in [5, 5.41) is 0. The summed E-state index contributed by atoms with van der Waals surface area (Å²) in [6.45, 7) is 7.49. The topological polar surface area (TPSA) is 61.8 Å². The zero-order chi connectivity index (χ0) is 49.2. The molecule has 0 N–H and O–H groups in total. The van der Waals surface area contributed by atoms with Gasteiger partial charge >= 0.3 is 11.9 Å². The molecule has 0 saturated carbocycles. The van der Waals surface area contributed by atoms with Crippen LogP contribution in [0.2, 0.25) is 0 Å². The van der Waals surface area contributed by atoms with E-state index >= 15 is 0 Å². The van der Waals surface area contributed by atoms with Crippen molar-refractivity contribution in [2.75, 3.05) is 19.8 Å². The molecule has 0 bridgehead atoms. The number of carbonyl (C=O) groups excluding carboxylic acids is 2. The molecule has 0 aliphatic carbocycles. The third-order valence-electron chi connectivity index (χ3n) is 11.8. The Morgan fingerprint density at radius 2 is 0.632 bits per heavy atom. The molecule has 1 atom stereocenters. The smallest absolute Gasteiger partial charge is 0.306 e. The highest BCUT2D eigenvalue weighted by atomic mass is 16.6. The molecule has 0 rings (SSSR count). The van der Waals surface area contributed by atoms with Gasteiger partial charge in [0.15, 0.2) is 0 Å². The first-order valence-corrected chi connectivity index (χ1v) is 28.4. The highest BCUT2D eigenvalue weighted by molar-refractivity contribution is 5.70. The van der Waals surface area contributed by atoms with Crippen molar-refractivity contribution >= 4 is 11.9 Å². The van der Waals surface area contributed by atoms with Crippen molar-refractivity contribution in [3.63, 3.8) is 0 Å². The van der Waals surface area contributed by atoms with Crippen molar-refractivity contribution in [2.24, 2.45) is 0 Å². The van der Waals surface area contributed by atoms with E-state index in [0.29, 0.717) is 25.9 Å². The Hall–Kier alpha value is -3.44. The average Bonchev–Trinajstić information content (AvgIpc) is 3.34. The van der Waals surface area contributed by atoms with Gasteiger partial charge in [-0.3, -0.25) is 9.59 Å². The van der Waals surface area contributed by atoms with Gasteiger partial charge in [-0.25, -0.2) is 0 Å². The monoisotopic (exact) mass is 943 g/mol. The second kappa shape index (κ2) is 57.9. The van der Waals surface area contributed by atoms with Crippen LogP contribution in [0.25, 0.3) is 0 Å². The fraction of sp³-hybridized carbons (Fsp3) is 0.683. The fourth-order valence-electron chi connectivity index (χ4n) is 7.58. The number of allylic oxidation sites excluding steroid dienone is 18. The van der Waals surface area contributed by atoms with Crippen LogP contribution in [0.4, 0.5) is 0 Å². The molecule has 0 aromatic rings. The number of rotatable bonds is 51. The predicted octanol–water partition coefficient (Wildman–Crippen LogP) is 19.6. The molecule has 5 heteroatoms. The van der Waals surface area contributed by atoms with Gasteiger partial charge in [0.05, 0.1) is 0 Å². The SMILES string of the molecule is CC/C=C\C/C=C\C/C=C\C/C=C\CCCCCCC(=O)OC[C@H](COC(=O)CC/C=C\C/C=C\C/C=C\C/C=C\C/C=C\CCCCC)OCCCCCCCCCCCCCCCCCC. The molecule has 0 amide bonds. The van der Waals surface area contributed by atoms with Gasteiger partial charge in [0.1, 0.15) is 19.3 Å². The summed E-state index contributed by atoms with van der Waals surface area (Å²) in [5.74, 6) is -0.453. The Bertz CT molecular complexity index is 1340.